The first-order valence-corrected chi connectivity index (χ1v) is 7.74. The third-order valence-electron chi connectivity index (χ3n) is 4.92. The molecule has 5 rings (SSSR count). The molecule has 1 aromatic heterocycles. The fourth-order valence-corrected chi connectivity index (χ4v) is 5.36. The molecule has 1 aromatic rings. The van der Waals surface area contributed by atoms with Gasteiger partial charge in [0.2, 0.25) is 0 Å². The molecule has 4 fully saturated rings. The fourth-order valence-electron chi connectivity index (χ4n) is 4.70. The third-order valence-corrected chi connectivity index (χ3v) is 5.55. The lowest BCUT2D eigenvalue weighted by molar-refractivity contribution is -0.107. The maximum Gasteiger partial charge on any atom is 0.293 e. The molecule has 4 aliphatic rings. The van der Waals surface area contributed by atoms with Gasteiger partial charge in [-0.25, -0.2) is 0 Å². The number of rotatable bonds is 3. The Morgan fingerprint density at radius 2 is 1.78 bits per heavy atom. The quantitative estimate of drug-likeness (QED) is 0.911. The van der Waals surface area contributed by atoms with E-state index >= 15 is 0 Å². The summed E-state index contributed by atoms with van der Waals surface area (Å²) in [5.74, 6) is 3.41. The van der Waals surface area contributed by atoms with Crippen LogP contribution in [0.25, 0.3) is 0 Å². The second kappa shape index (κ2) is 3.90. The lowest BCUT2D eigenvalue weighted by Gasteiger charge is -2.55. The van der Waals surface area contributed by atoms with Gasteiger partial charge in [0, 0.05) is 11.5 Å². The Hall–Kier alpha value is -0.680. The molecule has 98 valence electrons. The Bertz CT molecular complexity index is 424. The maximum atomic E-state index is 6.29. The summed E-state index contributed by atoms with van der Waals surface area (Å²) < 4.78 is 10.5. The lowest BCUT2D eigenvalue weighted by atomic mass is 9.54. The van der Waals surface area contributed by atoms with Crippen molar-refractivity contribution in [3.05, 3.63) is 5.82 Å². The van der Waals surface area contributed by atoms with E-state index in [0.29, 0.717) is 12.4 Å². The smallest absolute Gasteiger partial charge is 0.293 e. The van der Waals surface area contributed by atoms with E-state index in [-0.39, 0.29) is 5.60 Å². The Morgan fingerprint density at radius 1 is 1.17 bits per heavy atom. The summed E-state index contributed by atoms with van der Waals surface area (Å²) >= 11 is 1.36. The summed E-state index contributed by atoms with van der Waals surface area (Å²) in [7, 11) is 0. The number of ether oxygens (including phenoxy) is 1. The SMILES string of the molecule is NCc1nsc(OC23CC4CC(CC(C4)C2)C3)n1. The molecule has 4 bridgehead atoms. The van der Waals surface area contributed by atoms with Crippen LogP contribution in [0.2, 0.25) is 0 Å². The van der Waals surface area contributed by atoms with Crippen molar-refractivity contribution in [3.8, 4) is 5.19 Å². The van der Waals surface area contributed by atoms with Crippen LogP contribution in [0.15, 0.2) is 0 Å². The summed E-state index contributed by atoms with van der Waals surface area (Å²) in [6, 6.07) is 0. The van der Waals surface area contributed by atoms with Crippen molar-refractivity contribution in [2.75, 3.05) is 0 Å². The van der Waals surface area contributed by atoms with Crippen LogP contribution in [-0.2, 0) is 6.54 Å². The highest BCUT2D eigenvalue weighted by Gasteiger charge is 2.52. The molecule has 0 aromatic carbocycles. The normalized spacial score (nSPS) is 41.3. The largest absolute Gasteiger partial charge is 0.462 e. The van der Waals surface area contributed by atoms with E-state index in [4.69, 9.17) is 10.5 Å². The molecule has 1 heterocycles. The molecule has 0 radical (unpaired) electrons. The molecule has 18 heavy (non-hydrogen) atoms. The van der Waals surface area contributed by atoms with Crippen molar-refractivity contribution >= 4 is 11.5 Å². The van der Waals surface area contributed by atoms with E-state index in [9.17, 15) is 0 Å². The van der Waals surface area contributed by atoms with Crippen LogP contribution in [0.4, 0.5) is 0 Å². The van der Waals surface area contributed by atoms with Gasteiger partial charge in [0.15, 0.2) is 5.82 Å². The summed E-state index contributed by atoms with van der Waals surface area (Å²) in [6.45, 7) is 0.404. The average molecular weight is 265 g/mol. The lowest BCUT2D eigenvalue weighted by Crippen LogP contribution is -2.53. The molecule has 4 nitrogen and oxygen atoms in total. The molecule has 0 amide bonds. The van der Waals surface area contributed by atoms with Crippen molar-refractivity contribution in [2.24, 2.45) is 23.5 Å². The highest BCUT2D eigenvalue weighted by atomic mass is 32.1. The zero-order valence-electron chi connectivity index (χ0n) is 10.5. The summed E-state index contributed by atoms with van der Waals surface area (Å²) in [6.07, 6.45) is 8.01. The number of nitrogens with zero attached hydrogens (tertiary/aromatic N) is 2. The first-order chi connectivity index (χ1) is 8.75. The second-order valence-electron chi connectivity index (χ2n) is 6.38. The van der Waals surface area contributed by atoms with Crippen LogP contribution in [0.1, 0.15) is 44.3 Å². The van der Waals surface area contributed by atoms with Crippen LogP contribution in [-0.4, -0.2) is 15.0 Å². The van der Waals surface area contributed by atoms with E-state index < -0.39 is 0 Å². The maximum absolute atomic E-state index is 6.29. The van der Waals surface area contributed by atoms with Crippen LogP contribution >= 0.6 is 11.5 Å². The Balaban J connectivity index is 1.56. The van der Waals surface area contributed by atoms with Gasteiger partial charge in [-0.15, -0.1) is 0 Å². The molecule has 2 N–H and O–H groups in total. The first-order valence-electron chi connectivity index (χ1n) is 6.96. The number of hydrogen-bond acceptors (Lipinski definition) is 5. The Morgan fingerprint density at radius 3 is 2.28 bits per heavy atom. The summed E-state index contributed by atoms with van der Waals surface area (Å²) in [5, 5.41) is 0.734. The van der Waals surface area contributed by atoms with Crippen molar-refractivity contribution in [2.45, 2.75) is 50.7 Å². The summed E-state index contributed by atoms with van der Waals surface area (Å²) in [4.78, 5) is 4.37. The minimum Gasteiger partial charge on any atom is -0.462 e. The van der Waals surface area contributed by atoms with Gasteiger partial charge < -0.3 is 10.5 Å². The number of nitrogens with two attached hydrogens (primary N) is 1. The van der Waals surface area contributed by atoms with Gasteiger partial charge in [-0.3, -0.25) is 0 Å². The molecular weight excluding hydrogens is 246 g/mol. The predicted octanol–water partition coefficient (Wildman–Crippen LogP) is 2.34. The van der Waals surface area contributed by atoms with Crippen LogP contribution in [0, 0.1) is 17.8 Å². The molecule has 5 heteroatoms. The van der Waals surface area contributed by atoms with Crippen molar-refractivity contribution in [1.29, 1.82) is 0 Å². The van der Waals surface area contributed by atoms with Crippen molar-refractivity contribution in [3.63, 3.8) is 0 Å². The highest BCUT2D eigenvalue weighted by molar-refractivity contribution is 7.07. The third kappa shape index (κ3) is 1.75. The summed E-state index contributed by atoms with van der Waals surface area (Å²) in [5.41, 5.74) is 5.63. The molecule has 0 spiro atoms. The number of hydrogen-bond donors (Lipinski definition) is 1. The van der Waals surface area contributed by atoms with E-state index in [0.717, 1.165) is 22.9 Å². The van der Waals surface area contributed by atoms with Gasteiger partial charge in [-0.2, -0.15) is 9.36 Å². The Kier molecular flexibility index (Phi) is 2.42. The molecule has 0 aliphatic heterocycles. The monoisotopic (exact) mass is 265 g/mol. The molecule has 0 atom stereocenters. The van der Waals surface area contributed by atoms with Crippen LogP contribution in [0.5, 0.6) is 5.19 Å². The Labute approximate surface area is 111 Å². The van der Waals surface area contributed by atoms with Gasteiger partial charge >= 0.3 is 0 Å². The standard InChI is InChI=1S/C13H19N3OS/c14-7-11-15-12(18-16-11)17-13-4-8-1-9(5-13)3-10(2-8)6-13/h8-10H,1-7,14H2. The van der Waals surface area contributed by atoms with Gasteiger partial charge in [-0.05, 0) is 56.3 Å². The van der Waals surface area contributed by atoms with E-state index in [1.54, 1.807) is 0 Å². The van der Waals surface area contributed by atoms with Crippen molar-refractivity contribution in [1.82, 2.24) is 9.36 Å². The molecule has 0 unspecified atom stereocenters. The zero-order chi connectivity index (χ0) is 12.2. The molecular formula is C13H19N3OS. The average Bonchev–Trinajstić information content (AvgIpc) is 2.74. The minimum atomic E-state index is 0.0835. The first kappa shape index (κ1) is 11.2. The minimum absolute atomic E-state index is 0.0835. The molecule has 4 aliphatic carbocycles. The second-order valence-corrected chi connectivity index (χ2v) is 7.10. The van der Waals surface area contributed by atoms with Crippen LogP contribution < -0.4 is 10.5 Å². The van der Waals surface area contributed by atoms with Crippen molar-refractivity contribution < 1.29 is 4.74 Å². The highest BCUT2D eigenvalue weighted by Crippen LogP contribution is 2.57. The van der Waals surface area contributed by atoms with Gasteiger partial charge in [0.25, 0.3) is 5.19 Å². The van der Waals surface area contributed by atoms with E-state index in [2.05, 4.69) is 9.36 Å². The predicted molar refractivity (Wildman–Crippen MR) is 69.3 cm³/mol. The van der Waals surface area contributed by atoms with Gasteiger partial charge in [-0.1, -0.05) is 0 Å². The molecule has 4 saturated carbocycles. The van der Waals surface area contributed by atoms with E-state index in [1.807, 2.05) is 0 Å². The van der Waals surface area contributed by atoms with Crippen LogP contribution in [0.3, 0.4) is 0 Å². The zero-order valence-corrected chi connectivity index (χ0v) is 11.3. The van der Waals surface area contributed by atoms with Gasteiger partial charge in [0.05, 0.1) is 6.54 Å². The molecule has 0 saturated heterocycles. The topological polar surface area (TPSA) is 61.0 Å². The fraction of sp³-hybridized carbons (Fsp3) is 0.846. The number of aromatic nitrogens is 2. The van der Waals surface area contributed by atoms with E-state index in [1.165, 1.54) is 50.1 Å². The van der Waals surface area contributed by atoms with Gasteiger partial charge in [0.1, 0.15) is 5.60 Å².